The first-order valence-corrected chi connectivity index (χ1v) is 8.79. The SMILES string of the molecule is C=C/C=C\C(=C)c1cc(CC/C=C(C)\C=C/C)ccc1SC. The quantitative estimate of drug-likeness (QED) is 0.384. The Bertz CT molecular complexity index is 600. The van der Waals surface area contributed by atoms with E-state index in [2.05, 4.69) is 62.8 Å². The highest BCUT2D eigenvalue weighted by Gasteiger charge is 2.05. The number of benzene rings is 1. The van der Waals surface area contributed by atoms with Crippen molar-refractivity contribution >= 4 is 17.3 Å². The lowest BCUT2D eigenvalue weighted by molar-refractivity contribution is 0.989. The molecule has 0 fully saturated rings. The first kappa shape index (κ1) is 18.3. The maximum atomic E-state index is 4.18. The molecule has 0 aliphatic carbocycles. The lowest BCUT2D eigenvalue weighted by Crippen LogP contribution is -1.90. The molecule has 0 unspecified atom stereocenters. The average Bonchev–Trinajstić information content (AvgIpc) is 2.52. The van der Waals surface area contributed by atoms with Crippen LogP contribution >= 0.6 is 11.8 Å². The van der Waals surface area contributed by atoms with Crippen LogP contribution in [0.4, 0.5) is 0 Å². The van der Waals surface area contributed by atoms with Gasteiger partial charge in [-0.25, -0.2) is 0 Å². The van der Waals surface area contributed by atoms with Crippen molar-refractivity contribution in [3.8, 4) is 0 Å². The maximum Gasteiger partial charge on any atom is 0.0148 e. The summed E-state index contributed by atoms with van der Waals surface area (Å²) in [5.74, 6) is 0. The zero-order valence-corrected chi connectivity index (χ0v) is 14.7. The molecule has 1 aromatic carbocycles. The highest BCUT2D eigenvalue weighted by Crippen LogP contribution is 2.28. The molecular weight excluding hydrogens is 284 g/mol. The summed E-state index contributed by atoms with van der Waals surface area (Å²) in [6.07, 6.45) is 16.4. The fourth-order valence-corrected chi connectivity index (χ4v) is 2.85. The summed E-state index contributed by atoms with van der Waals surface area (Å²) in [5.41, 5.74) is 4.93. The van der Waals surface area contributed by atoms with Gasteiger partial charge in [0.1, 0.15) is 0 Å². The number of allylic oxidation sites excluding steroid dienone is 8. The van der Waals surface area contributed by atoms with Crippen LogP contribution in [0.25, 0.3) is 5.57 Å². The van der Waals surface area contributed by atoms with E-state index in [9.17, 15) is 0 Å². The average molecular weight is 311 g/mol. The predicted octanol–water partition coefficient (Wildman–Crippen LogP) is 6.62. The maximum absolute atomic E-state index is 4.18. The Kier molecular flexibility index (Phi) is 8.39. The van der Waals surface area contributed by atoms with Crippen LogP contribution in [0.3, 0.4) is 0 Å². The third-order valence-electron chi connectivity index (χ3n) is 3.37. The Morgan fingerprint density at radius 2 is 2.05 bits per heavy atom. The van der Waals surface area contributed by atoms with Crippen molar-refractivity contribution < 1.29 is 0 Å². The minimum absolute atomic E-state index is 1.03. The summed E-state index contributed by atoms with van der Waals surface area (Å²) >= 11 is 1.76. The van der Waals surface area contributed by atoms with E-state index in [0.29, 0.717) is 0 Å². The molecule has 0 bridgehead atoms. The van der Waals surface area contributed by atoms with Crippen LogP contribution in [0.2, 0.25) is 0 Å². The molecule has 0 saturated carbocycles. The molecule has 22 heavy (non-hydrogen) atoms. The molecule has 0 radical (unpaired) electrons. The van der Waals surface area contributed by atoms with E-state index in [0.717, 1.165) is 18.4 Å². The van der Waals surface area contributed by atoms with Crippen molar-refractivity contribution in [2.24, 2.45) is 0 Å². The molecule has 1 rings (SSSR count). The zero-order chi connectivity index (χ0) is 16.4. The monoisotopic (exact) mass is 310 g/mol. The molecule has 1 heteroatoms. The summed E-state index contributed by atoms with van der Waals surface area (Å²) in [6.45, 7) is 12.1. The number of thioether (sulfide) groups is 1. The van der Waals surface area contributed by atoms with Crippen molar-refractivity contribution in [2.75, 3.05) is 6.26 Å². The fourth-order valence-electron chi connectivity index (χ4n) is 2.23. The van der Waals surface area contributed by atoms with Crippen molar-refractivity contribution in [1.29, 1.82) is 0 Å². The first-order valence-electron chi connectivity index (χ1n) is 7.57. The van der Waals surface area contributed by atoms with Gasteiger partial charge in [0, 0.05) is 4.90 Å². The molecule has 0 aliphatic heterocycles. The van der Waals surface area contributed by atoms with Crippen LogP contribution in [0.15, 0.2) is 78.3 Å². The summed E-state index contributed by atoms with van der Waals surface area (Å²) in [4.78, 5) is 1.27. The second-order valence-electron chi connectivity index (χ2n) is 5.14. The predicted molar refractivity (Wildman–Crippen MR) is 103 cm³/mol. The van der Waals surface area contributed by atoms with Crippen LogP contribution in [0, 0.1) is 0 Å². The van der Waals surface area contributed by atoms with Gasteiger partial charge in [0.25, 0.3) is 0 Å². The lowest BCUT2D eigenvalue weighted by Gasteiger charge is -2.10. The normalized spacial score (nSPS) is 12.2. The molecule has 0 atom stereocenters. The summed E-state index contributed by atoms with van der Waals surface area (Å²) in [7, 11) is 0. The van der Waals surface area contributed by atoms with Crippen LogP contribution in [-0.2, 0) is 6.42 Å². The first-order chi connectivity index (χ1) is 10.6. The molecule has 116 valence electrons. The summed E-state index contributed by atoms with van der Waals surface area (Å²) in [6, 6.07) is 6.68. The lowest BCUT2D eigenvalue weighted by atomic mass is 10.0. The molecule has 0 spiro atoms. The van der Waals surface area contributed by atoms with Gasteiger partial charge in [0.15, 0.2) is 0 Å². The highest BCUT2D eigenvalue weighted by molar-refractivity contribution is 7.98. The van der Waals surface area contributed by atoms with E-state index in [1.54, 1.807) is 17.8 Å². The fraction of sp³-hybridized carbons (Fsp3) is 0.238. The molecule has 0 N–H and O–H groups in total. The molecule has 0 aromatic heterocycles. The number of rotatable bonds is 8. The summed E-state index contributed by atoms with van der Waals surface area (Å²) < 4.78 is 0. The Balaban J connectivity index is 2.90. The van der Waals surface area contributed by atoms with Crippen LogP contribution in [-0.4, -0.2) is 6.26 Å². The molecule has 0 amide bonds. The van der Waals surface area contributed by atoms with E-state index in [4.69, 9.17) is 0 Å². The standard InChI is InChI=1S/C21H26S/c1-6-8-12-18(4)20-16-19(14-15-21(20)22-5)13-9-11-17(3)10-7-2/h6-8,10-12,14-16H,1,4,9,13H2,2-3,5H3/b10-7-,12-8-,17-11-. The third kappa shape index (κ3) is 5.95. The van der Waals surface area contributed by atoms with Gasteiger partial charge in [-0.05, 0) is 55.7 Å². The van der Waals surface area contributed by atoms with E-state index < -0.39 is 0 Å². The molecule has 0 saturated heterocycles. The van der Waals surface area contributed by atoms with Gasteiger partial charge >= 0.3 is 0 Å². The molecular formula is C21H26S. The second-order valence-corrected chi connectivity index (χ2v) is 5.99. The zero-order valence-electron chi connectivity index (χ0n) is 13.9. The van der Waals surface area contributed by atoms with Gasteiger partial charge < -0.3 is 0 Å². The largest absolute Gasteiger partial charge is 0.129 e. The number of hydrogen-bond donors (Lipinski definition) is 0. The van der Waals surface area contributed by atoms with Crippen molar-refractivity contribution in [1.82, 2.24) is 0 Å². The van der Waals surface area contributed by atoms with Gasteiger partial charge in [0.2, 0.25) is 0 Å². The smallest absolute Gasteiger partial charge is 0.0148 e. The van der Waals surface area contributed by atoms with E-state index in [1.165, 1.54) is 21.6 Å². The molecule has 0 heterocycles. The van der Waals surface area contributed by atoms with Gasteiger partial charge in [-0.3, -0.25) is 0 Å². The second kappa shape index (κ2) is 10.1. The Hall–Kier alpha value is -1.73. The van der Waals surface area contributed by atoms with Crippen LogP contribution < -0.4 is 0 Å². The van der Waals surface area contributed by atoms with Gasteiger partial charge in [-0.2, -0.15) is 0 Å². The number of aryl methyl sites for hydroxylation is 1. The van der Waals surface area contributed by atoms with E-state index in [-0.39, 0.29) is 0 Å². The Morgan fingerprint density at radius 3 is 2.68 bits per heavy atom. The van der Waals surface area contributed by atoms with Crippen molar-refractivity contribution in [3.05, 3.63) is 84.5 Å². The minimum atomic E-state index is 1.03. The van der Waals surface area contributed by atoms with Crippen molar-refractivity contribution in [3.63, 3.8) is 0 Å². The van der Waals surface area contributed by atoms with E-state index >= 15 is 0 Å². The van der Waals surface area contributed by atoms with Gasteiger partial charge in [-0.15, -0.1) is 11.8 Å². The van der Waals surface area contributed by atoms with Crippen LogP contribution in [0.5, 0.6) is 0 Å². The topological polar surface area (TPSA) is 0 Å². The Morgan fingerprint density at radius 1 is 1.27 bits per heavy atom. The Labute approximate surface area is 140 Å². The molecule has 0 aliphatic rings. The van der Waals surface area contributed by atoms with Crippen LogP contribution in [0.1, 0.15) is 31.4 Å². The van der Waals surface area contributed by atoms with E-state index in [1.807, 2.05) is 19.1 Å². The highest BCUT2D eigenvalue weighted by atomic mass is 32.2. The summed E-state index contributed by atoms with van der Waals surface area (Å²) in [5, 5.41) is 0. The van der Waals surface area contributed by atoms with Gasteiger partial charge in [-0.1, -0.05) is 67.3 Å². The minimum Gasteiger partial charge on any atom is -0.129 e. The molecule has 0 nitrogen and oxygen atoms in total. The van der Waals surface area contributed by atoms with Gasteiger partial charge in [0.05, 0.1) is 0 Å². The molecule has 1 aromatic rings. The third-order valence-corrected chi connectivity index (χ3v) is 4.17. The van der Waals surface area contributed by atoms with Crippen molar-refractivity contribution in [2.45, 2.75) is 31.6 Å². The number of hydrogen-bond acceptors (Lipinski definition) is 1.